The average molecular weight is 330 g/mol. The summed E-state index contributed by atoms with van der Waals surface area (Å²) < 4.78 is 3.56. The Morgan fingerprint density at radius 2 is 2.00 bits per heavy atom. The lowest BCUT2D eigenvalue weighted by molar-refractivity contribution is 0.337. The Kier molecular flexibility index (Phi) is 4.71. The second-order valence-corrected chi connectivity index (χ2v) is 5.78. The maximum absolute atomic E-state index is 3.52. The first-order chi connectivity index (χ1) is 8.33. The van der Waals surface area contributed by atoms with Crippen molar-refractivity contribution in [2.45, 2.75) is 19.4 Å². The largest absolute Gasteiger partial charge is 0.347 e. The molecule has 1 aliphatic rings. The highest BCUT2D eigenvalue weighted by atomic mass is 79.9. The van der Waals surface area contributed by atoms with E-state index in [1.807, 2.05) is 0 Å². The molecule has 98 valence electrons. The van der Waals surface area contributed by atoms with Crippen LogP contribution in [0.25, 0.3) is 10.9 Å². The first kappa shape index (κ1) is 13.9. The third-order valence-corrected chi connectivity index (χ3v) is 4.14. The molecule has 3 rings (SSSR count). The molecular formula is C14H18BrClN2. The minimum Gasteiger partial charge on any atom is -0.347 e. The van der Waals surface area contributed by atoms with E-state index in [0.717, 1.165) is 16.9 Å². The molecule has 4 heteroatoms. The molecule has 0 aliphatic carbocycles. The van der Waals surface area contributed by atoms with E-state index in [0.29, 0.717) is 0 Å². The van der Waals surface area contributed by atoms with Crippen molar-refractivity contribution in [3.8, 4) is 0 Å². The first-order valence-electron chi connectivity index (χ1n) is 6.28. The van der Waals surface area contributed by atoms with Gasteiger partial charge in [0.25, 0.3) is 0 Å². The summed E-state index contributed by atoms with van der Waals surface area (Å²) in [7, 11) is 0. The van der Waals surface area contributed by atoms with Crippen molar-refractivity contribution >= 4 is 39.2 Å². The van der Waals surface area contributed by atoms with Crippen LogP contribution in [0.4, 0.5) is 0 Å². The molecule has 1 N–H and O–H groups in total. The summed E-state index contributed by atoms with van der Waals surface area (Å²) in [6.45, 7) is 3.51. The van der Waals surface area contributed by atoms with Gasteiger partial charge in [0.2, 0.25) is 0 Å². The minimum atomic E-state index is 0. The zero-order valence-electron chi connectivity index (χ0n) is 10.2. The molecule has 0 atom stereocenters. The van der Waals surface area contributed by atoms with Gasteiger partial charge in [-0.05, 0) is 56.1 Å². The van der Waals surface area contributed by atoms with E-state index < -0.39 is 0 Å². The summed E-state index contributed by atoms with van der Waals surface area (Å²) in [6.07, 6.45) is 4.82. The van der Waals surface area contributed by atoms with Gasteiger partial charge in [0.1, 0.15) is 0 Å². The molecule has 2 aromatic rings. The van der Waals surface area contributed by atoms with Crippen molar-refractivity contribution < 1.29 is 0 Å². The van der Waals surface area contributed by atoms with Crippen molar-refractivity contribution in [2.24, 2.45) is 5.92 Å². The van der Waals surface area contributed by atoms with Crippen LogP contribution < -0.4 is 5.32 Å². The summed E-state index contributed by atoms with van der Waals surface area (Å²) in [5, 5.41) is 4.75. The minimum absolute atomic E-state index is 0. The number of nitrogens with zero attached hydrogens (tertiary/aromatic N) is 1. The SMILES string of the molecule is Brc1ccc2c(ccn2CC2CCNCC2)c1.Cl. The summed E-state index contributed by atoms with van der Waals surface area (Å²) in [5.41, 5.74) is 1.35. The zero-order valence-corrected chi connectivity index (χ0v) is 12.6. The van der Waals surface area contributed by atoms with Crippen LogP contribution in [0.3, 0.4) is 0 Å². The predicted molar refractivity (Wildman–Crippen MR) is 82.5 cm³/mol. The van der Waals surface area contributed by atoms with Crippen molar-refractivity contribution in [3.63, 3.8) is 0 Å². The number of hydrogen-bond acceptors (Lipinski definition) is 1. The fourth-order valence-electron chi connectivity index (χ4n) is 2.67. The predicted octanol–water partition coefficient (Wildman–Crippen LogP) is 3.83. The monoisotopic (exact) mass is 328 g/mol. The highest BCUT2D eigenvalue weighted by Crippen LogP contribution is 2.23. The van der Waals surface area contributed by atoms with Gasteiger partial charge in [-0.25, -0.2) is 0 Å². The van der Waals surface area contributed by atoms with Crippen LogP contribution in [0.15, 0.2) is 34.9 Å². The first-order valence-corrected chi connectivity index (χ1v) is 7.07. The fourth-order valence-corrected chi connectivity index (χ4v) is 3.05. The number of rotatable bonds is 2. The molecule has 0 bridgehead atoms. The van der Waals surface area contributed by atoms with Gasteiger partial charge in [-0.1, -0.05) is 15.9 Å². The lowest BCUT2D eigenvalue weighted by Crippen LogP contribution is -2.29. The van der Waals surface area contributed by atoms with Gasteiger partial charge in [-0.2, -0.15) is 0 Å². The molecule has 1 aromatic heterocycles. The number of nitrogens with one attached hydrogen (secondary N) is 1. The second kappa shape index (κ2) is 6.09. The van der Waals surface area contributed by atoms with Crippen molar-refractivity contribution in [3.05, 3.63) is 34.9 Å². The highest BCUT2D eigenvalue weighted by Gasteiger charge is 2.14. The van der Waals surface area contributed by atoms with Gasteiger partial charge >= 0.3 is 0 Å². The number of benzene rings is 1. The molecule has 2 heterocycles. The lowest BCUT2D eigenvalue weighted by Gasteiger charge is -2.23. The Balaban J connectivity index is 0.00000120. The van der Waals surface area contributed by atoms with Crippen molar-refractivity contribution in [2.75, 3.05) is 13.1 Å². The number of hydrogen-bond donors (Lipinski definition) is 1. The normalized spacial score (nSPS) is 16.7. The van der Waals surface area contributed by atoms with E-state index in [1.54, 1.807) is 0 Å². The molecule has 18 heavy (non-hydrogen) atoms. The standard InChI is InChI=1S/C14H17BrN2.ClH/c15-13-1-2-14-12(9-13)5-8-17(14)10-11-3-6-16-7-4-11;/h1-2,5,8-9,11,16H,3-4,6-7,10H2;1H. The van der Waals surface area contributed by atoms with Crippen molar-refractivity contribution in [1.82, 2.24) is 9.88 Å². The quantitative estimate of drug-likeness (QED) is 0.886. The fraction of sp³-hybridized carbons (Fsp3) is 0.429. The van der Waals surface area contributed by atoms with Gasteiger partial charge in [-0.15, -0.1) is 12.4 Å². The van der Waals surface area contributed by atoms with E-state index in [4.69, 9.17) is 0 Å². The van der Waals surface area contributed by atoms with Crippen LogP contribution in [-0.2, 0) is 6.54 Å². The molecule has 1 fully saturated rings. The van der Waals surface area contributed by atoms with Crippen LogP contribution >= 0.6 is 28.3 Å². The van der Waals surface area contributed by atoms with Gasteiger partial charge in [0.15, 0.2) is 0 Å². The van der Waals surface area contributed by atoms with E-state index >= 15 is 0 Å². The molecule has 1 aromatic carbocycles. The van der Waals surface area contributed by atoms with Crippen LogP contribution in [-0.4, -0.2) is 17.7 Å². The molecule has 0 spiro atoms. The molecule has 0 unspecified atom stereocenters. The number of aromatic nitrogens is 1. The molecule has 2 nitrogen and oxygen atoms in total. The van der Waals surface area contributed by atoms with Crippen LogP contribution in [0.5, 0.6) is 0 Å². The van der Waals surface area contributed by atoms with Crippen LogP contribution in [0.1, 0.15) is 12.8 Å². The topological polar surface area (TPSA) is 17.0 Å². The number of piperidine rings is 1. The third kappa shape index (κ3) is 2.90. The van der Waals surface area contributed by atoms with E-state index in [1.165, 1.54) is 36.8 Å². The van der Waals surface area contributed by atoms with Crippen LogP contribution in [0, 0.1) is 5.92 Å². The smallest absolute Gasteiger partial charge is 0.0481 e. The van der Waals surface area contributed by atoms with E-state index in [2.05, 4.69) is 56.3 Å². The number of fused-ring (bicyclic) bond motifs is 1. The summed E-state index contributed by atoms with van der Waals surface area (Å²) >= 11 is 3.52. The van der Waals surface area contributed by atoms with Gasteiger partial charge in [-0.3, -0.25) is 0 Å². The Hall–Kier alpha value is -0.510. The van der Waals surface area contributed by atoms with E-state index in [9.17, 15) is 0 Å². The lowest BCUT2D eigenvalue weighted by atomic mass is 9.98. The molecule has 0 radical (unpaired) electrons. The molecular weight excluding hydrogens is 312 g/mol. The second-order valence-electron chi connectivity index (χ2n) is 4.86. The van der Waals surface area contributed by atoms with Gasteiger partial charge in [0.05, 0.1) is 0 Å². The molecule has 0 amide bonds. The maximum Gasteiger partial charge on any atom is 0.0481 e. The maximum atomic E-state index is 3.52. The zero-order chi connectivity index (χ0) is 11.7. The number of halogens is 2. The van der Waals surface area contributed by atoms with Crippen molar-refractivity contribution in [1.29, 1.82) is 0 Å². The molecule has 1 aliphatic heterocycles. The Bertz CT molecular complexity index is 517. The summed E-state index contributed by atoms with van der Waals surface area (Å²) in [6, 6.07) is 8.73. The Morgan fingerprint density at radius 3 is 2.78 bits per heavy atom. The third-order valence-electron chi connectivity index (χ3n) is 3.65. The van der Waals surface area contributed by atoms with Crippen LogP contribution in [0.2, 0.25) is 0 Å². The van der Waals surface area contributed by atoms with E-state index in [-0.39, 0.29) is 12.4 Å². The van der Waals surface area contributed by atoms with Gasteiger partial charge in [0, 0.05) is 28.1 Å². The summed E-state index contributed by atoms with van der Waals surface area (Å²) in [5.74, 6) is 0.829. The van der Waals surface area contributed by atoms with Gasteiger partial charge < -0.3 is 9.88 Å². The molecule has 0 saturated carbocycles. The average Bonchev–Trinajstić information content (AvgIpc) is 2.73. The molecule has 1 saturated heterocycles. The highest BCUT2D eigenvalue weighted by molar-refractivity contribution is 9.10. The Morgan fingerprint density at radius 1 is 1.22 bits per heavy atom. The Labute approximate surface area is 122 Å². The summed E-state index contributed by atoms with van der Waals surface area (Å²) in [4.78, 5) is 0.